The first-order chi connectivity index (χ1) is 8.58. The molecule has 0 bridgehead atoms. The Bertz CT molecular complexity index is 393. The number of benzene rings is 1. The van der Waals surface area contributed by atoms with E-state index >= 15 is 0 Å². The second kappa shape index (κ2) is 7.13. The minimum Gasteiger partial charge on any atom is -0.383 e. The van der Waals surface area contributed by atoms with Crippen molar-refractivity contribution in [1.82, 2.24) is 4.90 Å². The van der Waals surface area contributed by atoms with Gasteiger partial charge in [0.15, 0.2) is 0 Å². The van der Waals surface area contributed by atoms with Gasteiger partial charge in [0.1, 0.15) is 6.04 Å². The van der Waals surface area contributed by atoms with Crippen molar-refractivity contribution < 1.29 is 9.53 Å². The van der Waals surface area contributed by atoms with E-state index in [0.29, 0.717) is 13.1 Å². The molecule has 1 aromatic carbocycles. The van der Waals surface area contributed by atoms with Crippen LogP contribution in [0, 0.1) is 6.92 Å². The lowest BCUT2D eigenvalue weighted by Gasteiger charge is -2.24. The van der Waals surface area contributed by atoms with Gasteiger partial charge >= 0.3 is 0 Å². The van der Waals surface area contributed by atoms with Gasteiger partial charge in [0.25, 0.3) is 0 Å². The van der Waals surface area contributed by atoms with Gasteiger partial charge in [0, 0.05) is 20.2 Å². The molecule has 100 valence electrons. The second-order valence-corrected chi connectivity index (χ2v) is 4.40. The number of nitrogens with two attached hydrogens (primary N) is 1. The number of rotatable bonds is 6. The van der Waals surface area contributed by atoms with Crippen LogP contribution in [-0.4, -0.2) is 37.1 Å². The van der Waals surface area contributed by atoms with Crippen LogP contribution in [0.15, 0.2) is 24.3 Å². The summed E-state index contributed by atoms with van der Waals surface area (Å²) in [7, 11) is 1.55. The summed E-state index contributed by atoms with van der Waals surface area (Å²) in [5.41, 5.74) is 8.08. The van der Waals surface area contributed by atoms with Crippen LogP contribution in [0.3, 0.4) is 0 Å². The molecule has 1 aromatic rings. The Kier molecular flexibility index (Phi) is 5.82. The maximum Gasteiger partial charge on any atom is 0.242 e. The smallest absolute Gasteiger partial charge is 0.242 e. The third-order valence-corrected chi connectivity index (χ3v) is 2.81. The fourth-order valence-electron chi connectivity index (χ4n) is 1.86. The molecule has 0 aliphatic heterocycles. The number of hydrogen-bond donors (Lipinski definition) is 1. The summed E-state index contributed by atoms with van der Waals surface area (Å²) in [5.74, 6) is -0.0687. The molecule has 0 heterocycles. The first-order valence-electron chi connectivity index (χ1n) is 6.17. The maximum absolute atomic E-state index is 12.1. The molecular weight excluding hydrogens is 228 g/mol. The van der Waals surface area contributed by atoms with E-state index in [-0.39, 0.29) is 12.5 Å². The van der Waals surface area contributed by atoms with Crippen LogP contribution in [0.2, 0.25) is 0 Å². The molecule has 0 radical (unpaired) electrons. The van der Waals surface area contributed by atoms with E-state index in [1.807, 2.05) is 32.0 Å². The number of methoxy groups -OCH3 is 1. The zero-order valence-electron chi connectivity index (χ0n) is 11.3. The summed E-state index contributed by atoms with van der Waals surface area (Å²) in [6, 6.07) is 7.55. The highest BCUT2D eigenvalue weighted by molar-refractivity contribution is 5.81. The molecule has 1 rings (SSSR count). The molecule has 0 aromatic heterocycles. The van der Waals surface area contributed by atoms with E-state index in [1.54, 1.807) is 12.0 Å². The fourth-order valence-corrected chi connectivity index (χ4v) is 1.86. The Hall–Kier alpha value is -1.39. The minimum absolute atomic E-state index is 0.0687. The number of carbonyl (C=O) groups excluding carboxylic acids is 1. The predicted molar refractivity (Wildman–Crippen MR) is 72.1 cm³/mol. The molecular formula is C14H22N2O2. The van der Waals surface area contributed by atoms with Crippen LogP contribution in [0.4, 0.5) is 0 Å². The molecule has 0 aliphatic carbocycles. The summed E-state index contributed by atoms with van der Waals surface area (Å²) >= 11 is 0. The van der Waals surface area contributed by atoms with E-state index in [0.717, 1.165) is 5.56 Å². The summed E-state index contributed by atoms with van der Waals surface area (Å²) in [5, 5.41) is 0. The average molecular weight is 250 g/mol. The monoisotopic (exact) mass is 250 g/mol. The van der Waals surface area contributed by atoms with E-state index < -0.39 is 6.04 Å². The third-order valence-electron chi connectivity index (χ3n) is 2.81. The Labute approximate surface area is 109 Å². The van der Waals surface area contributed by atoms with Crippen LogP contribution < -0.4 is 5.73 Å². The molecule has 2 N–H and O–H groups in total. The highest BCUT2D eigenvalue weighted by Gasteiger charge is 2.19. The highest BCUT2D eigenvalue weighted by atomic mass is 16.5. The van der Waals surface area contributed by atoms with Crippen LogP contribution in [0.25, 0.3) is 0 Å². The van der Waals surface area contributed by atoms with Crippen molar-refractivity contribution in [2.45, 2.75) is 26.4 Å². The fraction of sp³-hybridized carbons (Fsp3) is 0.500. The van der Waals surface area contributed by atoms with Crippen LogP contribution in [0.5, 0.6) is 0 Å². The molecule has 0 fully saturated rings. The summed E-state index contributed by atoms with van der Waals surface area (Å²) < 4.78 is 4.92. The molecule has 0 aliphatic rings. The van der Waals surface area contributed by atoms with Crippen LogP contribution >= 0.6 is 0 Å². The van der Waals surface area contributed by atoms with Gasteiger partial charge in [-0.05, 0) is 19.4 Å². The Morgan fingerprint density at radius 3 is 2.78 bits per heavy atom. The number of ether oxygens (including phenoxy) is 1. The predicted octanol–water partition coefficient (Wildman–Crippen LogP) is 1.32. The first-order valence-corrected chi connectivity index (χ1v) is 6.17. The Morgan fingerprint density at radius 1 is 1.50 bits per heavy atom. The van der Waals surface area contributed by atoms with Crippen molar-refractivity contribution in [3.05, 3.63) is 35.4 Å². The van der Waals surface area contributed by atoms with Crippen molar-refractivity contribution >= 4 is 5.91 Å². The molecule has 1 amide bonds. The number of hydrogen-bond acceptors (Lipinski definition) is 3. The lowest BCUT2D eigenvalue weighted by molar-refractivity contribution is -0.134. The topological polar surface area (TPSA) is 55.6 Å². The van der Waals surface area contributed by atoms with Gasteiger partial charge in [-0.1, -0.05) is 29.8 Å². The van der Waals surface area contributed by atoms with Crippen LogP contribution in [0.1, 0.15) is 18.1 Å². The number of nitrogens with zero attached hydrogens (tertiary/aromatic N) is 1. The lowest BCUT2D eigenvalue weighted by atomic mass is 10.1. The molecule has 0 spiro atoms. The van der Waals surface area contributed by atoms with Gasteiger partial charge in [-0.25, -0.2) is 0 Å². The maximum atomic E-state index is 12.1. The number of likely N-dealkylation sites (N-methyl/N-ethyl adjacent to an activating group) is 1. The average Bonchev–Trinajstić information content (AvgIpc) is 2.35. The molecule has 0 saturated heterocycles. The number of carbonyl (C=O) groups is 1. The summed E-state index contributed by atoms with van der Waals surface area (Å²) in [6.45, 7) is 5.48. The van der Waals surface area contributed by atoms with Gasteiger partial charge in [0.2, 0.25) is 5.91 Å². The first kappa shape index (κ1) is 14.7. The van der Waals surface area contributed by atoms with Crippen LogP contribution in [-0.2, 0) is 16.1 Å². The SMILES string of the molecule is CCN(Cc1cccc(C)c1)C(=O)C(N)COC. The number of aryl methyl sites for hydroxylation is 1. The van der Waals surface area contributed by atoms with Crippen molar-refractivity contribution in [3.8, 4) is 0 Å². The molecule has 18 heavy (non-hydrogen) atoms. The Balaban J connectivity index is 2.69. The normalized spacial score (nSPS) is 12.2. The molecule has 0 saturated carbocycles. The van der Waals surface area contributed by atoms with Crippen molar-refractivity contribution in [2.75, 3.05) is 20.3 Å². The molecule has 4 nitrogen and oxygen atoms in total. The Morgan fingerprint density at radius 2 is 2.22 bits per heavy atom. The van der Waals surface area contributed by atoms with E-state index in [1.165, 1.54) is 5.56 Å². The molecule has 1 unspecified atom stereocenters. The number of amides is 1. The highest BCUT2D eigenvalue weighted by Crippen LogP contribution is 2.08. The molecule has 1 atom stereocenters. The van der Waals surface area contributed by atoms with Crippen molar-refractivity contribution in [1.29, 1.82) is 0 Å². The van der Waals surface area contributed by atoms with Crippen molar-refractivity contribution in [2.24, 2.45) is 5.73 Å². The zero-order chi connectivity index (χ0) is 13.5. The summed E-state index contributed by atoms with van der Waals surface area (Å²) in [4.78, 5) is 13.8. The third kappa shape index (κ3) is 4.13. The zero-order valence-corrected chi connectivity index (χ0v) is 11.3. The lowest BCUT2D eigenvalue weighted by Crippen LogP contribution is -2.45. The van der Waals surface area contributed by atoms with Gasteiger partial charge in [-0.2, -0.15) is 0 Å². The van der Waals surface area contributed by atoms with E-state index in [9.17, 15) is 4.79 Å². The van der Waals surface area contributed by atoms with Crippen molar-refractivity contribution in [3.63, 3.8) is 0 Å². The van der Waals surface area contributed by atoms with E-state index in [2.05, 4.69) is 6.07 Å². The minimum atomic E-state index is -0.584. The standard InChI is InChI=1S/C14H22N2O2/c1-4-16(14(17)13(15)10-18-3)9-12-7-5-6-11(2)8-12/h5-8,13H,4,9-10,15H2,1-3H3. The van der Waals surface area contributed by atoms with E-state index in [4.69, 9.17) is 10.5 Å². The largest absolute Gasteiger partial charge is 0.383 e. The molecule has 4 heteroatoms. The van der Waals surface area contributed by atoms with Gasteiger partial charge in [-0.15, -0.1) is 0 Å². The van der Waals surface area contributed by atoms with Gasteiger partial charge < -0.3 is 15.4 Å². The van der Waals surface area contributed by atoms with Gasteiger partial charge in [0.05, 0.1) is 6.61 Å². The summed E-state index contributed by atoms with van der Waals surface area (Å²) in [6.07, 6.45) is 0. The second-order valence-electron chi connectivity index (χ2n) is 4.40. The quantitative estimate of drug-likeness (QED) is 0.828. The van der Waals surface area contributed by atoms with Gasteiger partial charge in [-0.3, -0.25) is 4.79 Å².